The fourth-order valence-corrected chi connectivity index (χ4v) is 4.46. The fourth-order valence-electron chi connectivity index (χ4n) is 3.49. The van der Waals surface area contributed by atoms with E-state index in [0.29, 0.717) is 23.5 Å². The van der Waals surface area contributed by atoms with Gasteiger partial charge < -0.3 is 5.32 Å². The van der Waals surface area contributed by atoms with Crippen LogP contribution >= 0.6 is 0 Å². The first-order valence-corrected chi connectivity index (χ1v) is 12.1. The summed E-state index contributed by atoms with van der Waals surface area (Å²) in [4.78, 5) is 25.5. The minimum atomic E-state index is -3.49. The first-order chi connectivity index (χ1) is 15.1. The van der Waals surface area contributed by atoms with Gasteiger partial charge in [0.05, 0.1) is 23.3 Å². The van der Waals surface area contributed by atoms with Gasteiger partial charge in [0, 0.05) is 20.0 Å². The molecule has 3 rings (SSSR count). The number of para-hydroxylation sites is 1. The van der Waals surface area contributed by atoms with Gasteiger partial charge in [-0.1, -0.05) is 35.9 Å². The molecular formula is C23H28N4O4S. The molecule has 0 spiro atoms. The number of hydrogen-bond donors (Lipinski definition) is 1. The maximum absolute atomic E-state index is 12.9. The van der Waals surface area contributed by atoms with E-state index in [0.717, 1.165) is 11.8 Å². The summed E-state index contributed by atoms with van der Waals surface area (Å²) in [5, 5.41) is 2.71. The van der Waals surface area contributed by atoms with Crippen molar-refractivity contribution in [2.45, 2.75) is 26.7 Å². The third-order valence-electron chi connectivity index (χ3n) is 5.31. The Bertz CT molecular complexity index is 1260. The van der Waals surface area contributed by atoms with Crippen molar-refractivity contribution >= 4 is 27.3 Å². The number of amides is 1. The van der Waals surface area contributed by atoms with Gasteiger partial charge >= 0.3 is 0 Å². The Labute approximate surface area is 188 Å². The summed E-state index contributed by atoms with van der Waals surface area (Å²) in [5.41, 5.74) is 2.82. The van der Waals surface area contributed by atoms with E-state index in [9.17, 15) is 18.0 Å². The number of hydrogen-bond acceptors (Lipinski definition) is 4. The van der Waals surface area contributed by atoms with Crippen molar-refractivity contribution in [1.82, 2.24) is 9.36 Å². The van der Waals surface area contributed by atoms with Gasteiger partial charge in [-0.2, -0.15) is 0 Å². The maximum Gasteiger partial charge on any atom is 0.295 e. The van der Waals surface area contributed by atoms with Crippen LogP contribution in [0.15, 0.2) is 59.4 Å². The van der Waals surface area contributed by atoms with E-state index in [-0.39, 0.29) is 30.1 Å². The number of aryl methyl sites for hydroxylation is 1. The average Bonchev–Trinajstić information content (AvgIpc) is 2.95. The molecule has 0 radical (unpaired) electrons. The number of anilines is 2. The van der Waals surface area contributed by atoms with Crippen LogP contribution in [-0.4, -0.2) is 36.5 Å². The minimum Gasteiger partial charge on any atom is -0.320 e. The Morgan fingerprint density at radius 3 is 2.25 bits per heavy atom. The second-order valence-corrected chi connectivity index (χ2v) is 9.67. The predicted octanol–water partition coefficient (Wildman–Crippen LogP) is 2.98. The number of carbonyl (C=O) groups is 1. The SMILES string of the molecule is Cc1ccc(N(CCCC(=O)Nc2c(C)n(C)n(-c3ccccc3)c2=O)S(C)(=O)=O)cc1. The highest BCUT2D eigenvalue weighted by atomic mass is 32.2. The van der Waals surface area contributed by atoms with Crippen molar-refractivity contribution in [2.24, 2.45) is 7.05 Å². The van der Waals surface area contributed by atoms with Crippen LogP contribution in [0.5, 0.6) is 0 Å². The normalized spacial score (nSPS) is 11.4. The summed E-state index contributed by atoms with van der Waals surface area (Å²) in [5.74, 6) is -0.339. The number of nitrogens with zero attached hydrogens (tertiary/aromatic N) is 3. The zero-order valence-electron chi connectivity index (χ0n) is 18.7. The Kier molecular flexibility index (Phi) is 6.88. The Morgan fingerprint density at radius 1 is 1.03 bits per heavy atom. The van der Waals surface area contributed by atoms with Gasteiger partial charge in [-0.15, -0.1) is 0 Å². The zero-order chi connectivity index (χ0) is 23.5. The van der Waals surface area contributed by atoms with E-state index in [4.69, 9.17) is 0 Å². The van der Waals surface area contributed by atoms with Crippen LogP contribution in [0.1, 0.15) is 24.1 Å². The van der Waals surface area contributed by atoms with Crippen LogP contribution in [0.3, 0.4) is 0 Å². The molecule has 0 unspecified atom stereocenters. The molecule has 0 fully saturated rings. The summed E-state index contributed by atoms with van der Waals surface area (Å²) in [6.07, 6.45) is 1.54. The molecular weight excluding hydrogens is 428 g/mol. The summed E-state index contributed by atoms with van der Waals surface area (Å²) in [6.45, 7) is 3.85. The van der Waals surface area contributed by atoms with Gasteiger partial charge in [0.2, 0.25) is 15.9 Å². The van der Waals surface area contributed by atoms with E-state index in [1.165, 1.54) is 8.99 Å². The number of benzene rings is 2. The van der Waals surface area contributed by atoms with Gasteiger partial charge in [-0.05, 0) is 44.5 Å². The molecule has 32 heavy (non-hydrogen) atoms. The molecule has 1 amide bonds. The number of rotatable bonds is 8. The molecule has 170 valence electrons. The Morgan fingerprint density at radius 2 is 1.66 bits per heavy atom. The van der Waals surface area contributed by atoms with Gasteiger partial charge in [-0.25, -0.2) is 13.1 Å². The summed E-state index contributed by atoms with van der Waals surface area (Å²) in [7, 11) is -1.73. The topological polar surface area (TPSA) is 93.4 Å². The highest BCUT2D eigenvalue weighted by Gasteiger charge is 2.20. The van der Waals surface area contributed by atoms with E-state index in [1.54, 1.807) is 30.8 Å². The van der Waals surface area contributed by atoms with Gasteiger partial charge in [0.1, 0.15) is 5.69 Å². The second-order valence-electron chi connectivity index (χ2n) is 7.76. The van der Waals surface area contributed by atoms with Crippen molar-refractivity contribution in [3.05, 3.63) is 76.2 Å². The molecule has 0 aliphatic rings. The highest BCUT2D eigenvalue weighted by molar-refractivity contribution is 7.92. The molecule has 1 heterocycles. The first kappa shape index (κ1) is 23.3. The fraction of sp³-hybridized carbons (Fsp3) is 0.304. The summed E-state index contributed by atoms with van der Waals surface area (Å²) in [6, 6.07) is 16.4. The van der Waals surface area contributed by atoms with Gasteiger partial charge in [0.25, 0.3) is 5.56 Å². The molecule has 0 bridgehead atoms. The van der Waals surface area contributed by atoms with Crippen LogP contribution in [0.4, 0.5) is 11.4 Å². The number of aromatic nitrogens is 2. The molecule has 0 atom stereocenters. The average molecular weight is 457 g/mol. The minimum absolute atomic E-state index is 0.0803. The molecule has 0 saturated heterocycles. The third-order valence-corrected chi connectivity index (χ3v) is 6.50. The van der Waals surface area contributed by atoms with Gasteiger partial charge in [0.15, 0.2) is 0 Å². The standard InChI is InChI=1S/C23H28N4O4S/c1-17-12-14-19(15-13-17)26(32(4,30)31)16-8-11-21(28)24-22-18(2)25(3)27(23(22)29)20-9-6-5-7-10-20/h5-7,9-10,12-15H,8,11,16H2,1-4H3,(H,24,28). The molecule has 0 aliphatic carbocycles. The zero-order valence-corrected chi connectivity index (χ0v) is 19.5. The summed E-state index contributed by atoms with van der Waals surface area (Å²) < 4.78 is 28.9. The molecule has 0 saturated carbocycles. The number of nitrogens with one attached hydrogen (secondary N) is 1. The van der Waals surface area contributed by atoms with E-state index in [2.05, 4.69) is 5.32 Å². The lowest BCUT2D eigenvalue weighted by molar-refractivity contribution is -0.116. The molecule has 2 aromatic carbocycles. The van der Waals surface area contributed by atoms with Crippen molar-refractivity contribution < 1.29 is 13.2 Å². The van der Waals surface area contributed by atoms with Crippen molar-refractivity contribution in [2.75, 3.05) is 22.4 Å². The molecule has 3 aromatic rings. The third kappa shape index (κ3) is 5.11. The Hall–Kier alpha value is -3.33. The maximum atomic E-state index is 12.9. The van der Waals surface area contributed by atoms with Crippen LogP contribution in [-0.2, 0) is 21.9 Å². The van der Waals surface area contributed by atoms with Crippen LogP contribution in [0.25, 0.3) is 5.69 Å². The predicted molar refractivity (Wildman–Crippen MR) is 127 cm³/mol. The van der Waals surface area contributed by atoms with E-state index in [1.807, 2.05) is 49.4 Å². The lowest BCUT2D eigenvalue weighted by Crippen LogP contribution is -2.31. The van der Waals surface area contributed by atoms with Gasteiger partial charge in [-0.3, -0.25) is 18.6 Å². The lowest BCUT2D eigenvalue weighted by Gasteiger charge is -2.22. The smallest absolute Gasteiger partial charge is 0.295 e. The van der Waals surface area contributed by atoms with Crippen LogP contribution in [0.2, 0.25) is 0 Å². The molecule has 1 aromatic heterocycles. The first-order valence-electron chi connectivity index (χ1n) is 10.3. The molecule has 0 aliphatic heterocycles. The molecule has 8 nitrogen and oxygen atoms in total. The molecule has 1 N–H and O–H groups in total. The molecule has 9 heteroatoms. The van der Waals surface area contributed by atoms with E-state index >= 15 is 0 Å². The summed E-state index contributed by atoms with van der Waals surface area (Å²) >= 11 is 0. The number of sulfonamides is 1. The largest absolute Gasteiger partial charge is 0.320 e. The highest BCUT2D eigenvalue weighted by Crippen LogP contribution is 2.19. The Balaban J connectivity index is 1.70. The van der Waals surface area contributed by atoms with Crippen molar-refractivity contribution in [3.63, 3.8) is 0 Å². The lowest BCUT2D eigenvalue weighted by atomic mass is 10.2. The van der Waals surface area contributed by atoms with Crippen molar-refractivity contribution in [1.29, 1.82) is 0 Å². The van der Waals surface area contributed by atoms with E-state index < -0.39 is 10.0 Å². The quantitative estimate of drug-likeness (QED) is 0.564. The number of carbonyl (C=O) groups excluding carboxylic acids is 1. The van der Waals surface area contributed by atoms with Crippen molar-refractivity contribution in [3.8, 4) is 5.69 Å². The second kappa shape index (κ2) is 9.44. The van der Waals surface area contributed by atoms with Crippen LogP contribution in [0, 0.1) is 13.8 Å². The van der Waals surface area contributed by atoms with Crippen LogP contribution < -0.4 is 15.2 Å². The monoisotopic (exact) mass is 456 g/mol.